The molecule has 1 amide bonds. The fourth-order valence-corrected chi connectivity index (χ4v) is 4.85. The molecule has 5 N–H and O–H groups in total. The van der Waals surface area contributed by atoms with Crippen LogP contribution in [0.25, 0.3) is 22.0 Å². The number of aliphatic hydroxyl groups excluding tert-OH is 1. The van der Waals surface area contributed by atoms with E-state index in [0.717, 1.165) is 39.7 Å². The van der Waals surface area contributed by atoms with Gasteiger partial charge in [-0.3, -0.25) is 14.5 Å². The summed E-state index contributed by atoms with van der Waals surface area (Å²) in [6.07, 6.45) is 4.25. The van der Waals surface area contributed by atoms with Crippen LogP contribution in [-0.2, 0) is 17.8 Å². The topological polar surface area (TPSA) is 147 Å². The summed E-state index contributed by atoms with van der Waals surface area (Å²) in [5, 5.41) is 23.1. The van der Waals surface area contributed by atoms with Gasteiger partial charge in [0.15, 0.2) is 5.82 Å². The summed E-state index contributed by atoms with van der Waals surface area (Å²) in [6.45, 7) is 3.58. The highest BCUT2D eigenvalue weighted by Crippen LogP contribution is 2.37. The Morgan fingerprint density at radius 3 is 2.92 bits per heavy atom. The van der Waals surface area contributed by atoms with Crippen molar-refractivity contribution in [3.05, 3.63) is 47.5 Å². The number of nitrogen functional groups attached to an aromatic ring is 1. The molecule has 184 valence electrons. The molecule has 2 aliphatic rings. The number of aliphatic hydroxyl groups is 1. The summed E-state index contributed by atoms with van der Waals surface area (Å²) in [7, 11) is 1.81. The number of rotatable bonds is 3. The van der Waals surface area contributed by atoms with Crippen molar-refractivity contribution >= 4 is 39.8 Å². The molecule has 11 nitrogen and oxygen atoms in total. The van der Waals surface area contributed by atoms with Gasteiger partial charge in [0.2, 0.25) is 5.91 Å². The zero-order valence-electron chi connectivity index (χ0n) is 20.1. The zero-order valence-corrected chi connectivity index (χ0v) is 20.1. The molecule has 1 atom stereocenters. The van der Waals surface area contributed by atoms with E-state index in [4.69, 9.17) is 5.73 Å². The lowest BCUT2D eigenvalue weighted by atomic mass is 9.98. The lowest BCUT2D eigenvalue weighted by molar-refractivity contribution is -0.130. The van der Waals surface area contributed by atoms with Gasteiger partial charge in [0.25, 0.3) is 0 Å². The molecular formula is C25H27N9O2. The van der Waals surface area contributed by atoms with Crippen LogP contribution in [0.2, 0.25) is 0 Å². The third-order valence-electron chi connectivity index (χ3n) is 6.96. The van der Waals surface area contributed by atoms with E-state index in [0.29, 0.717) is 48.4 Å². The SMILES string of the molecule is Cc1c(-c2cc3cc(Nc4cc5n(n4)CC(=O)N(C)CC5)ncc3c(N)n2)cnc2c1NCCC2O. The smallest absolute Gasteiger partial charge is 0.244 e. The average molecular weight is 486 g/mol. The Bertz CT molecular complexity index is 1510. The van der Waals surface area contributed by atoms with E-state index >= 15 is 0 Å². The molecule has 0 fully saturated rings. The second kappa shape index (κ2) is 8.45. The minimum atomic E-state index is -0.569. The third kappa shape index (κ3) is 3.77. The molecular weight excluding hydrogens is 458 g/mol. The molecule has 11 heteroatoms. The van der Waals surface area contributed by atoms with Crippen molar-refractivity contribution in [2.45, 2.75) is 32.4 Å². The first-order valence-corrected chi connectivity index (χ1v) is 11.9. The minimum absolute atomic E-state index is 0.0411. The van der Waals surface area contributed by atoms with E-state index in [1.807, 2.05) is 32.2 Å². The maximum Gasteiger partial charge on any atom is 0.244 e. The van der Waals surface area contributed by atoms with Gasteiger partial charge < -0.3 is 26.4 Å². The third-order valence-corrected chi connectivity index (χ3v) is 6.96. The number of amides is 1. The van der Waals surface area contributed by atoms with Gasteiger partial charge in [-0.2, -0.15) is 5.10 Å². The van der Waals surface area contributed by atoms with Crippen molar-refractivity contribution in [3.8, 4) is 11.3 Å². The van der Waals surface area contributed by atoms with Crippen LogP contribution in [0.15, 0.2) is 30.6 Å². The molecule has 0 aromatic carbocycles. The van der Waals surface area contributed by atoms with Gasteiger partial charge in [0.05, 0.1) is 23.2 Å². The lowest BCUT2D eigenvalue weighted by Crippen LogP contribution is -2.29. The highest BCUT2D eigenvalue weighted by molar-refractivity contribution is 5.95. The lowest BCUT2D eigenvalue weighted by Gasteiger charge is -2.24. The maximum absolute atomic E-state index is 12.2. The van der Waals surface area contributed by atoms with Crippen LogP contribution < -0.4 is 16.4 Å². The molecule has 0 aliphatic carbocycles. The van der Waals surface area contributed by atoms with Gasteiger partial charge in [-0.1, -0.05) is 0 Å². The van der Waals surface area contributed by atoms with Crippen LogP contribution in [0, 0.1) is 6.92 Å². The first-order chi connectivity index (χ1) is 17.4. The molecule has 1 unspecified atom stereocenters. The van der Waals surface area contributed by atoms with E-state index in [-0.39, 0.29) is 12.5 Å². The van der Waals surface area contributed by atoms with Crippen LogP contribution in [0.3, 0.4) is 0 Å². The second-order valence-corrected chi connectivity index (χ2v) is 9.34. The van der Waals surface area contributed by atoms with Crippen LogP contribution in [0.1, 0.15) is 29.5 Å². The highest BCUT2D eigenvalue weighted by Gasteiger charge is 2.23. The van der Waals surface area contributed by atoms with Crippen molar-refractivity contribution in [1.82, 2.24) is 29.6 Å². The molecule has 2 aliphatic heterocycles. The Balaban J connectivity index is 1.34. The van der Waals surface area contributed by atoms with Gasteiger partial charge in [-0.05, 0) is 36.4 Å². The maximum atomic E-state index is 12.2. The molecule has 6 rings (SSSR count). The largest absolute Gasteiger partial charge is 0.387 e. The summed E-state index contributed by atoms with van der Waals surface area (Å²) in [5.74, 6) is 1.67. The van der Waals surface area contributed by atoms with Crippen LogP contribution in [0.4, 0.5) is 23.1 Å². The highest BCUT2D eigenvalue weighted by atomic mass is 16.3. The number of hydrogen-bond acceptors (Lipinski definition) is 9. The number of aromatic nitrogens is 5. The van der Waals surface area contributed by atoms with Crippen molar-refractivity contribution in [2.24, 2.45) is 0 Å². The number of likely N-dealkylation sites (N-methyl/N-ethyl adjacent to an activating group) is 1. The number of fused-ring (bicyclic) bond motifs is 3. The first kappa shape index (κ1) is 22.2. The number of nitrogens with one attached hydrogen (secondary N) is 2. The van der Waals surface area contributed by atoms with Crippen molar-refractivity contribution in [2.75, 3.05) is 36.5 Å². The summed E-state index contributed by atoms with van der Waals surface area (Å²) in [5.41, 5.74) is 11.4. The van der Waals surface area contributed by atoms with Gasteiger partial charge in [0, 0.05) is 61.7 Å². The first-order valence-electron chi connectivity index (χ1n) is 11.9. The van der Waals surface area contributed by atoms with E-state index < -0.39 is 6.10 Å². The predicted molar refractivity (Wildman–Crippen MR) is 137 cm³/mol. The molecule has 0 bridgehead atoms. The monoisotopic (exact) mass is 485 g/mol. The summed E-state index contributed by atoms with van der Waals surface area (Å²) >= 11 is 0. The zero-order chi connectivity index (χ0) is 25.0. The number of nitrogens with two attached hydrogens (primary N) is 1. The van der Waals surface area contributed by atoms with Crippen molar-refractivity contribution < 1.29 is 9.90 Å². The summed E-state index contributed by atoms with van der Waals surface area (Å²) < 4.78 is 1.74. The Labute approximate surface area is 207 Å². The molecule has 6 heterocycles. The molecule has 4 aromatic heterocycles. The molecule has 4 aromatic rings. The van der Waals surface area contributed by atoms with Gasteiger partial charge >= 0.3 is 0 Å². The quantitative estimate of drug-likeness (QED) is 0.343. The predicted octanol–water partition coefficient (Wildman–Crippen LogP) is 2.39. The molecule has 36 heavy (non-hydrogen) atoms. The van der Waals surface area contributed by atoms with Crippen LogP contribution in [-0.4, -0.2) is 60.8 Å². The van der Waals surface area contributed by atoms with E-state index in [2.05, 4.69) is 30.7 Å². The summed E-state index contributed by atoms with van der Waals surface area (Å²) in [4.78, 5) is 27.5. The van der Waals surface area contributed by atoms with Crippen molar-refractivity contribution in [1.29, 1.82) is 0 Å². The number of pyridine rings is 3. The Kier molecular flexibility index (Phi) is 5.22. The van der Waals surface area contributed by atoms with Gasteiger partial charge in [-0.15, -0.1) is 0 Å². The molecule has 0 radical (unpaired) electrons. The van der Waals surface area contributed by atoms with E-state index in [1.165, 1.54) is 0 Å². The standard InChI is InChI=1S/C25H27N9O2/c1-13-16(10-29-24-19(35)3-5-27-23(13)24)18-7-14-8-20(28-11-17(14)25(26)30-18)31-21-9-15-4-6-33(2)22(36)12-34(15)32-21/h7-11,19,27,35H,3-6,12H2,1-2H3,(H2,26,30)(H,28,31,32). The Morgan fingerprint density at radius 1 is 1.19 bits per heavy atom. The normalized spacial score (nSPS) is 17.4. The number of hydrogen-bond donors (Lipinski definition) is 4. The second-order valence-electron chi connectivity index (χ2n) is 9.34. The number of anilines is 4. The van der Waals surface area contributed by atoms with Gasteiger partial charge in [-0.25, -0.2) is 9.97 Å². The van der Waals surface area contributed by atoms with E-state index in [9.17, 15) is 9.90 Å². The fraction of sp³-hybridized carbons (Fsp3) is 0.320. The fourth-order valence-electron chi connectivity index (χ4n) is 4.85. The number of carbonyl (C=O) groups is 1. The Morgan fingerprint density at radius 2 is 2.06 bits per heavy atom. The van der Waals surface area contributed by atoms with E-state index in [1.54, 1.807) is 22.0 Å². The number of carbonyl (C=O) groups excluding carboxylic acids is 1. The van der Waals surface area contributed by atoms with Crippen molar-refractivity contribution in [3.63, 3.8) is 0 Å². The van der Waals surface area contributed by atoms with Crippen LogP contribution >= 0.6 is 0 Å². The Hall–Kier alpha value is -4.25. The molecule has 0 spiro atoms. The minimum Gasteiger partial charge on any atom is -0.387 e. The molecule has 0 saturated carbocycles. The van der Waals surface area contributed by atoms with Gasteiger partial charge in [0.1, 0.15) is 18.2 Å². The molecule has 0 saturated heterocycles. The summed E-state index contributed by atoms with van der Waals surface area (Å²) in [6, 6.07) is 5.82. The average Bonchev–Trinajstić information content (AvgIpc) is 3.17. The number of nitrogens with zero attached hydrogens (tertiary/aromatic N) is 6. The van der Waals surface area contributed by atoms with Crippen LogP contribution in [0.5, 0.6) is 0 Å².